The third-order valence-electron chi connectivity index (χ3n) is 3.48. The van der Waals surface area contributed by atoms with Crippen LogP contribution in [-0.4, -0.2) is 11.8 Å². The van der Waals surface area contributed by atoms with E-state index in [0.29, 0.717) is 11.3 Å². The molecule has 3 aromatic rings. The van der Waals surface area contributed by atoms with Crippen molar-refractivity contribution < 1.29 is 9.47 Å². The molecule has 2 heterocycles. The van der Waals surface area contributed by atoms with Gasteiger partial charge >= 0.3 is 0 Å². The Hall–Kier alpha value is -2.93. The summed E-state index contributed by atoms with van der Waals surface area (Å²) in [6.07, 6.45) is 0. The third kappa shape index (κ3) is 1.47. The maximum Gasteiger partial charge on any atom is 0.231 e. The highest BCUT2D eigenvalue weighted by Gasteiger charge is 2.17. The van der Waals surface area contributed by atoms with Gasteiger partial charge in [0, 0.05) is 16.5 Å². The van der Waals surface area contributed by atoms with E-state index in [0.717, 1.165) is 27.9 Å². The molecule has 96 valence electrons. The van der Waals surface area contributed by atoms with Crippen LogP contribution in [0.3, 0.4) is 0 Å². The minimum Gasteiger partial charge on any atom is -0.454 e. The molecule has 0 aliphatic carbocycles. The zero-order valence-electron chi connectivity index (χ0n) is 10.5. The minimum atomic E-state index is 0.247. The van der Waals surface area contributed by atoms with Crippen LogP contribution < -0.4 is 9.47 Å². The lowest BCUT2D eigenvalue weighted by atomic mass is 10.1. The molecule has 4 nitrogen and oxygen atoms in total. The highest BCUT2D eigenvalue weighted by atomic mass is 16.7. The van der Waals surface area contributed by atoms with Gasteiger partial charge in [-0.2, -0.15) is 5.26 Å². The summed E-state index contributed by atoms with van der Waals surface area (Å²) in [7, 11) is 0. The van der Waals surface area contributed by atoms with Crippen molar-refractivity contribution in [2.45, 2.75) is 0 Å². The van der Waals surface area contributed by atoms with Gasteiger partial charge in [-0.3, -0.25) is 0 Å². The van der Waals surface area contributed by atoms with Crippen molar-refractivity contribution in [2.24, 2.45) is 0 Å². The number of ether oxygens (including phenoxy) is 2. The summed E-state index contributed by atoms with van der Waals surface area (Å²) in [5.41, 5.74) is 3.34. The molecule has 1 aromatic heterocycles. The number of hydrogen-bond donors (Lipinski definition) is 1. The molecule has 20 heavy (non-hydrogen) atoms. The molecule has 4 heteroatoms. The summed E-state index contributed by atoms with van der Waals surface area (Å²) in [6, 6.07) is 15.8. The van der Waals surface area contributed by atoms with Crippen molar-refractivity contribution in [2.75, 3.05) is 6.79 Å². The number of aromatic nitrogens is 1. The Morgan fingerprint density at radius 1 is 1.05 bits per heavy atom. The number of benzene rings is 2. The quantitative estimate of drug-likeness (QED) is 0.730. The van der Waals surface area contributed by atoms with Gasteiger partial charge in [0.25, 0.3) is 0 Å². The van der Waals surface area contributed by atoms with E-state index in [1.165, 1.54) is 0 Å². The predicted octanol–water partition coefficient (Wildman–Crippen LogP) is 3.44. The molecule has 0 amide bonds. The summed E-state index contributed by atoms with van der Waals surface area (Å²) < 4.78 is 10.7. The van der Waals surface area contributed by atoms with Crippen LogP contribution in [0.1, 0.15) is 5.56 Å². The highest BCUT2D eigenvalue weighted by Crippen LogP contribution is 2.37. The average molecular weight is 262 g/mol. The second kappa shape index (κ2) is 4.04. The van der Waals surface area contributed by atoms with Gasteiger partial charge < -0.3 is 14.5 Å². The predicted molar refractivity (Wildman–Crippen MR) is 74.6 cm³/mol. The number of nitrogens with zero attached hydrogens (tertiary/aromatic N) is 1. The summed E-state index contributed by atoms with van der Waals surface area (Å²) in [6.45, 7) is 0.247. The van der Waals surface area contributed by atoms with Crippen LogP contribution in [0.15, 0.2) is 42.5 Å². The molecule has 1 N–H and O–H groups in total. The van der Waals surface area contributed by atoms with E-state index < -0.39 is 0 Å². The number of para-hydroxylation sites is 1. The van der Waals surface area contributed by atoms with Crippen LogP contribution in [0.5, 0.6) is 11.5 Å². The van der Waals surface area contributed by atoms with Crippen LogP contribution >= 0.6 is 0 Å². The second-order valence-electron chi connectivity index (χ2n) is 4.60. The molecule has 4 rings (SSSR count). The molecule has 0 spiro atoms. The van der Waals surface area contributed by atoms with Gasteiger partial charge in [0.05, 0.1) is 11.3 Å². The Morgan fingerprint density at radius 2 is 1.90 bits per heavy atom. The summed E-state index contributed by atoms with van der Waals surface area (Å²) in [5.74, 6) is 1.45. The van der Waals surface area contributed by atoms with E-state index in [-0.39, 0.29) is 6.79 Å². The fraction of sp³-hybridized carbons (Fsp3) is 0.0625. The SMILES string of the molecule is N#Cc1c(-c2ccc3c(c2)OCO3)[nH]c2ccccc12. The van der Waals surface area contributed by atoms with Crippen molar-refractivity contribution in [3.63, 3.8) is 0 Å². The van der Waals surface area contributed by atoms with Crippen molar-refractivity contribution in [1.29, 1.82) is 5.26 Å². The fourth-order valence-corrected chi connectivity index (χ4v) is 2.53. The van der Waals surface area contributed by atoms with Gasteiger partial charge in [0.2, 0.25) is 6.79 Å². The van der Waals surface area contributed by atoms with Crippen molar-refractivity contribution in [3.8, 4) is 28.8 Å². The Morgan fingerprint density at radius 3 is 2.80 bits per heavy atom. The van der Waals surface area contributed by atoms with E-state index in [2.05, 4.69) is 11.1 Å². The third-order valence-corrected chi connectivity index (χ3v) is 3.48. The molecule has 0 saturated heterocycles. The van der Waals surface area contributed by atoms with Gasteiger partial charge in [-0.05, 0) is 24.3 Å². The number of rotatable bonds is 1. The van der Waals surface area contributed by atoms with Crippen LogP contribution in [0.2, 0.25) is 0 Å². The first-order valence-electron chi connectivity index (χ1n) is 6.27. The monoisotopic (exact) mass is 262 g/mol. The summed E-state index contributed by atoms with van der Waals surface area (Å²) >= 11 is 0. The Balaban J connectivity index is 1.96. The van der Waals surface area contributed by atoms with Crippen LogP contribution in [0.25, 0.3) is 22.2 Å². The fourth-order valence-electron chi connectivity index (χ4n) is 2.53. The first kappa shape index (κ1) is 10.9. The van der Waals surface area contributed by atoms with Gasteiger partial charge in [0.1, 0.15) is 6.07 Å². The largest absolute Gasteiger partial charge is 0.454 e. The molecular weight excluding hydrogens is 252 g/mol. The summed E-state index contributed by atoms with van der Waals surface area (Å²) in [5, 5.41) is 10.4. The number of fused-ring (bicyclic) bond motifs is 2. The summed E-state index contributed by atoms with van der Waals surface area (Å²) in [4.78, 5) is 3.30. The molecular formula is C16H10N2O2. The van der Waals surface area contributed by atoms with Gasteiger partial charge in [-0.15, -0.1) is 0 Å². The van der Waals surface area contributed by atoms with Gasteiger partial charge in [0.15, 0.2) is 11.5 Å². The van der Waals surface area contributed by atoms with Gasteiger partial charge in [-0.25, -0.2) is 0 Å². The van der Waals surface area contributed by atoms with E-state index in [1.54, 1.807) is 0 Å². The van der Waals surface area contributed by atoms with E-state index in [9.17, 15) is 5.26 Å². The smallest absolute Gasteiger partial charge is 0.231 e. The molecule has 0 saturated carbocycles. The van der Waals surface area contributed by atoms with E-state index in [4.69, 9.17) is 9.47 Å². The molecule has 0 radical (unpaired) electrons. The lowest BCUT2D eigenvalue weighted by Gasteiger charge is -2.01. The van der Waals surface area contributed by atoms with Crippen LogP contribution in [-0.2, 0) is 0 Å². The maximum absolute atomic E-state index is 9.43. The van der Waals surface area contributed by atoms with Crippen LogP contribution in [0.4, 0.5) is 0 Å². The number of nitrogens with one attached hydrogen (secondary N) is 1. The number of aromatic amines is 1. The first-order chi connectivity index (χ1) is 9.86. The maximum atomic E-state index is 9.43. The Bertz CT molecular complexity index is 859. The molecule has 0 atom stereocenters. The molecule has 1 aliphatic rings. The highest BCUT2D eigenvalue weighted by molar-refractivity contribution is 5.93. The van der Waals surface area contributed by atoms with Crippen molar-refractivity contribution in [1.82, 2.24) is 4.98 Å². The van der Waals surface area contributed by atoms with Crippen molar-refractivity contribution in [3.05, 3.63) is 48.0 Å². The van der Waals surface area contributed by atoms with Gasteiger partial charge in [-0.1, -0.05) is 18.2 Å². The normalized spacial score (nSPS) is 12.6. The number of nitriles is 1. The molecule has 0 bridgehead atoms. The minimum absolute atomic E-state index is 0.247. The standard InChI is InChI=1S/C16H10N2O2/c17-8-12-11-3-1-2-4-13(11)18-16(12)10-5-6-14-15(7-10)20-9-19-14/h1-7,18H,9H2. The average Bonchev–Trinajstić information content (AvgIpc) is 3.10. The van der Waals surface area contributed by atoms with Crippen molar-refractivity contribution >= 4 is 10.9 Å². The van der Waals surface area contributed by atoms with E-state index >= 15 is 0 Å². The molecule has 1 aliphatic heterocycles. The number of H-pyrrole nitrogens is 1. The zero-order valence-corrected chi connectivity index (χ0v) is 10.5. The van der Waals surface area contributed by atoms with E-state index in [1.807, 2.05) is 42.5 Å². The number of hydrogen-bond acceptors (Lipinski definition) is 3. The lowest BCUT2D eigenvalue weighted by molar-refractivity contribution is 0.174. The Kier molecular flexibility index (Phi) is 2.21. The molecule has 0 fully saturated rings. The zero-order chi connectivity index (χ0) is 13.5. The molecule has 2 aromatic carbocycles. The topological polar surface area (TPSA) is 58.0 Å². The lowest BCUT2D eigenvalue weighted by Crippen LogP contribution is -1.92. The second-order valence-corrected chi connectivity index (χ2v) is 4.60. The Labute approximate surface area is 115 Å². The first-order valence-corrected chi connectivity index (χ1v) is 6.27. The van der Waals surface area contributed by atoms with Crippen LogP contribution in [0, 0.1) is 11.3 Å². The molecule has 0 unspecified atom stereocenters.